The number of anilines is 1. The molecule has 9 heteroatoms. The Hall–Kier alpha value is -2.42. The fraction of sp³-hybridized carbons (Fsp3) is 0.500. The number of methoxy groups -OCH3 is 1. The molecule has 1 spiro atoms. The number of nitrogens with zero attached hydrogens (tertiary/aromatic N) is 3. The summed E-state index contributed by atoms with van der Waals surface area (Å²) < 4.78 is 5.35. The van der Waals surface area contributed by atoms with Crippen molar-refractivity contribution in [2.45, 2.75) is 49.6 Å². The molecule has 1 aromatic rings. The maximum absolute atomic E-state index is 11.6. The van der Waals surface area contributed by atoms with Crippen LogP contribution < -0.4 is 21.1 Å². The Morgan fingerprint density at radius 1 is 1.33 bits per heavy atom. The van der Waals surface area contributed by atoms with Gasteiger partial charge in [0.05, 0.1) is 12.8 Å². The van der Waals surface area contributed by atoms with Crippen molar-refractivity contribution in [2.24, 2.45) is 21.5 Å². The second kappa shape index (κ2) is 7.67. The van der Waals surface area contributed by atoms with Crippen molar-refractivity contribution in [1.29, 1.82) is 0 Å². The lowest BCUT2D eigenvalue weighted by Crippen LogP contribution is -2.58. The zero-order valence-corrected chi connectivity index (χ0v) is 16.4. The van der Waals surface area contributed by atoms with Crippen LogP contribution in [0.15, 0.2) is 27.0 Å². The number of carbonyl (C=O) groups is 1. The molecule has 5 N–H and O–H groups in total. The van der Waals surface area contributed by atoms with Gasteiger partial charge in [-0.3, -0.25) is 4.90 Å². The molecule has 0 radical (unpaired) electrons. The lowest BCUT2D eigenvalue weighted by Gasteiger charge is -2.46. The van der Waals surface area contributed by atoms with Gasteiger partial charge in [0.15, 0.2) is 0 Å². The zero-order valence-electron chi connectivity index (χ0n) is 15.6. The molecule has 8 nitrogen and oxygen atoms in total. The zero-order chi connectivity index (χ0) is 19.6. The number of ether oxygens (including phenoxy) is 1. The molecule has 0 atom stereocenters. The molecule has 0 amide bonds. The summed E-state index contributed by atoms with van der Waals surface area (Å²) in [6, 6.07) is 3.35. The topological polar surface area (TPSA) is 127 Å². The SMILES string of the molecule is CCSc1cc(C(=O)O)c(OC)cc1N1C(N)=NC(N)=NC12CCCCC2. The van der Waals surface area contributed by atoms with Gasteiger partial charge in [-0.1, -0.05) is 13.3 Å². The van der Waals surface area contributed by atoms with Gasteiger partial charge in [-0.05, 0) is 37.5 Å². The van der Waals surface area contributed by atoms with Gasteiger partial charge in [-0.25, -0.2) is 9.79 Å². The van der Waals surface area contributed by atoms with Gasteiger partial charge in [-0.2, -0.15) is 4.99 Å². The summed E-state index contributed by atoms with van der Waals surface area (Å²) in [5, 5.41) is 9.53. The highest BCUT2D eigenvalue weighted by Gasteiger charge is 2.43. The van der Waals surface area contributed by atoms with Crippen LogP contribution in [0.1, 0.15) is 49.4 Å². The number of thioether (sulfide) groups is 1. The minimum atomic E-state index is -1.04. The van der Waals surface area contributed by atoms with E-state index in [1.54, 1.807) is 23.9 Å². The molecule has 1 aliphatic heterocycles. The second-order valence-corrected chi connectivity index (χ2v) is 7.88. The van der Waals surface area contributed by atoms with Crippen molar-refractivity contribution in [2.75, 3.05) is 17.8 Å². The Kier molecular flexibility index (Phi) is 5.50. The number of hydrogen-bond donors (Lipinski definition) is 3. The van der Waals surface area contributed by atoms with E-state index in [0.29, 0.717) is 0 Å². The molecule has 0 aromatic heterocycles. The van der Waals surface area contributed by atoms with Gasteiger partial charge in [0.2, 0.25) is 11.9 Å². The fourth-order valence-corrected chi connectivity index (χ4v) is 4.61. The first-order valence-electron chi connectivity index (χ1n) is 8.99. The molecule has 3 rings (SSSR count). The molecule has 0 saturated heterocycles. The van der Waals surface area contributed by atoms with Gasteiger partial charge < -0.3 is 21.3 Å². The summed E-state index contributed by atoms with van der Waals surface area (Å²) in [5.74, 6) is 0.476. The van der Waals surface area contributed by atoms with Crippen LogP contribution >= 0.6 is 11.8 Å². The van der Waals surface area contributed by atoms with Crippen molar-refractivity contribution < 1.29 is 14.6 Å². The monoisotopic (exact) mass is 391 g/mol. The van der Waals surface area contributed by atoms with E-state index in [0.717, 1.165) is 48.4 Å². The van der Waals surface area contributed by atoms with Crippen molar-refractivity contribution in [3.05, 3.63) is 17.7 Å². The first-order chi connectivity index (χ1) is 12.9. The Morgan fingerprint density at radius 2 is 2.04 bits per heavy atom. The summed E-state index contributed by atoms with van der Waals surface area (Å²) in [4.78, 5) is 23.2. The van der Waals surface area contributed by atoms with Crippen molar-refractivity contribution in [3.8, 4) is 5.75 Å². The summed E-state index contributed by atoms with van der Waals surface area (Å²) in [5.41, 5.74) is 12.5. The number of rotatable bonds is 5. The molecule has 1 saturated carbocycles. The smallest absolute Gasteiger partial charge is 0.339 e. The van der Waals surface area contributed by atoms with Gasteiger partial charge in [0, 0.05) is 11.0 Å². The average molecular weight is 391 g/mol. The lowest BCUT2D eigenvalue weighted by atomic mass is 9.87. The highest BCUT2D eigenvalue weighted by atomic mass is 32.2. The number of carboxylic acids is 1. The van der Waals surface area contributed by atoms with Crippen LogP contribution in [-0.4, -0.2) is 41.5 Å². The predicted octanol–water partition coefficient (Wildman–Crippen LogP) is 2.62. The van der Waals surface area contributed by atoms with E-state index in [2.05, 4.69) is 9.98 Å². The molecule has 1 aliphatic carbocycles. The van der Waals surface area contributed by atoms with Gasteiger partial charge in [-0.15, -0.1) is 11.8 Å². The number of aromatic carboxylic acids is 1. The van der Waals surface area contributed by atoms with E-state index < -0.39 is 11.6 Å². The Morgan fingerprint density at radius 3 is 2.63 bits per heavy atom. The van der Waals surface area contributed by atoms with Crippen LogP contribution in [0.2, 0.25) is 0 Å². The molecule has 0 unspecified atom stereocenters. The molecule has 1 aromatic carbocycles. The van der Waals surface area contributed by atoms with Crippen molar-refractivity contribution in [1.82, 2.24) is 0 Å². The van der Waals surface area contributed by atoms with Crippen molar-refractivity contribution >= 4 is 35.3 Å². The molecule has 146 valence electrons. The number of hydrogen-bond acceptors (Lipinski definition) is 8. The molecule has 27 heavy (non-hydrogen) atoms. The third kappa shape index (κ3) is 3.55. The predicted molar refractivity (Wildman–Crippen MR) is 108 cm³/mol. The summed E-state index contributed by atoms with van der Waals surface area (Å²) in [6.45, 7) is 2.01. The highest BCUT2D eigenvalue weighted by Crippen LogP contribution is 2.44. The molecule has 0 bridgehead atoms. The largest absolute Gasteiger partial charge is 0.496 e. The summed E-state index contributed by atoms with van der Waals surface area (Å²) >= 11 is 1.55. The number of nitrogens with two attached hydrogens (primary N) is 2. The Bertz CT molecular complexity index is 802. The quantitative estimate of drug-likeness (QED) is 0.658. The molecule has 1 heterocycles. The van der Waals surface area contributed by atoms with Gasteiger partial charge >= 0.3 is 5.97 Å². The van der Waals surface area contributed by atoms with E-state index in [4.69, 9.17) is 16.2 Å². The lowest BCUT2D eigenvalue weighted by molar-refractivity contribution is 0.0693. The van der Waals surface area contributed by atoms with E-state index >= 15 is 0 Å². The Labute approximate surface area is 162 Å². The first kappa shape index (κ1) is 19.3. The van der Waals surface area contributed by atoms with Crippen LogP contribution in [0, 0.1) is 0 Å². The number of benzene rings is 1. The number of aliphatic imine (C=N–C) groups is 2. The Balaban J connectivity index is 2.20. The molecule has 2 aliphatic rings. The average Bonchev–Trinajstić information content (AvgIpc) is 2.62. The summed E-state index contributed by atoms with van der Waals surface area (Å²) in [6.07, 6.45) is 4.79. The van der Waals surface area contributed by atoms with Gasteiger partial charge in [0.1, 0.15) is 17.0 Å². The third-order valence-electron chi connectivity index (χ3n) is 4.90. The van der Waals surface area contributed by atoms with Crippen LogP contribution in [0.25, 0.3) is 0 Å². The van der Waals surface area contributed by atoms with E-state index in [9.17, 15) is 9.90 Å². The van der Waals surface area contributed by atoms with E-state index in [1.807, 2.05) is 11.8 Å². The highest BCUT2D eigenvalue weighted by molar-refractivity contribution is 7.99. The standard InChI is InChI=1S/C18H25N5O3S/c1-3-27-14-9-11(15(24)25)13(26-2)10-12(14)23-17(20)21-16(19)22-18(23)7-5-4-6-8-18/h9-10H,3-8H2,1-2H3,(H,24,25)(H4,19,20,21,22). The fourth-order valence-electron chi connectivity index (χ4n) is 3.80. The number of guanidine groups is 2. The van der Waals surface area contributed by atoms with Crippen LogP contribution in [0.4, 0.5) is 5.69 Å². The maximum Gasteiger partial charge on any atom is 0.339 e. The normalized spacial score (nSPS) is 18.8. The van der Waals surface area contributed by atoms with Gasteiger partial charge in [0.25, 0.3) is 0 Å². The van der Waals surface area contributed by atoms with E-state index in [-0.39, 0.29) is 23.2 Å². The van der Waals surface area contributed by atoms with E-state index in [1.165, 1.54) is 7.11 Å². The second-order valence-electron chi connectivity index (χ2n) is 6.58. The first-order valence-corrected chi connectivity index (χ1v) is 9.98. The maximum atomic E-state index is 11.6. The minimum Gasteiger partial charge on any atom is -0.496 e. The molecular weight excluding hydrogens is 366 g/mol. The van der Waals surface area contributed by atoms with Crippen molar-refractivity contribution in [3.63, 3.8) is 0 Å². The molecule has 1 fully saturated rings. The third-order valence-corrected chi connectivity index (χ3v) is 5.83. The van der Waals surface area contributed by atoms with Crippen LogP contribution in [0.3, 0.4) is 0 Å². The van der Waals surface area contributed by atoms with Crippen LogP contribution in [0.5, 0.6) is 5.75 Å². The minimum absolute atomic E-state index is 0.116. The van der Waals surface area contributed by atoms with Crippen LogP contribution in [-0.2, 0) is 0 Å². The summed E-state index contributed by atoms with van der Waals surface area (Å²) in [7, 11) is 1.46. The molecular formula is C18H25N5O3S. The number of carboxylic acid groups (broad SMARTS) is 1.